The summed E-state index contributed by atoms with van der Waals surface area (Å²) >= 11 is 0. The van der Waals surface area contributed by atoms with E-state index in [2.05, 4.69) is 5.32 Å². The van der Waals surface area contributed by atoms with Gasteiger partial charge in [-0.15, -0.1) is 0 Å². The fourth-order valence-corrected chi connectivity index (χ4v) is 0.321. The van der Waals surface area contributed by atoms with Gasteiger partial charge in [-0.05, 0) is 14.0 Å². The van der Waals surface area contributed by atoms with Gasteiger partial charge in [0.1, 0.15) is 6.23 Å². The Morgan fingerprint density at radius 1 is 1.50 bits per heavy atom. The van der Waals surface area contributed by atoms with Crippen LogP contribution in [0, 0.1) is 0 Å². The lowest BCUT2D eigenvalue weighted by Crippen LogP contribution is -2.43. The van der Waals surface area contributed by atoms with Crippen molar-refractivity contribution < 1.29 is 10.3 Å². The lowest BCUT2D eigenvalue weighted by molar-refractivity contribution is 0.0340. The molecule has 0 bridgehead atoms. The first kappa shape index (κ1) is 7.84. The van der Waals surface area contributed by atoms with Gasteiger partial charge in [0.05, 0.1) is 6.04 Å². The molecule has 4 nitrogen and oxygen atoms in total. The molecule has 0 aromatic heterocycles. The smallest absolute Gasteiger partial charge is 0.122 e. The number of aliphatic hydroxyl groups is 1. The molecule has 0 heterocycles. The van der Waals surface area contributed by atoms with Crippen molar-refractivity contribution in [3.8, 4) is 0 Å². The third-order valence-corrected chi connectivity index (χ3v) is 0.973. The molecule has 4 heteroatoms. The number of aliphatic hydroxyl groups excluding tert-OH is 1. The minimum absolute atomic E-state index is 0.333. The van der Waals surface area contributed by atoms with Gasteiger partial charge in [-0.25, -0.2) is 0 Å². The first-order valence-electron chi connectivity index (χ1n) is 2.47. The maximum absolute atomic E-state index is 8.79. The second-order valence-corrected chi connectivity index (χ2v) is 1.65. The standard InChI is InChI=1S/C4H12N2O2/c1-3(6-8)4(7)5-2/h3-8H,1-2H3. The molecule has 0 rings (SSSR count). The molecule has 2 unspecified atom stereocenters. The predicted octanol–water partition coefficient (Wildman–Crippen LogP) is -1.11. The summed E-state index contributed by atoms with van der Waals surface area (Å²) in [6.07, 6.45) is -0.694. The summed E-state index contributed by atoms with van der Waals surface area (Å²) in [6, 6.07) is -0.333. The van der Waals surface area contributed by atoms with Crippen LogP contribution in [0.5, 0.6) is 0 Å². The highest BCUT2D eigenvalue weighted by Crippen LogP contribution is 1.82. The summed E-state index contributed by atoms with van der Waals surface area (Å²) in [7, 11) is 1.61. The Morgan fingerprint density at radius 2 is 2.00 bits per heavy atom. The number of likely N-dealkylation sites (N-methyl/N-ethyl adjacent to an activating group) is 1. The normalized spacial score (nSPS) is 18.0. The van der Waals surface area contributed by atoms with Crippen molar-refractivity contribution in [3.63, 3.8) is 0 Å². The van der Waals surface area contributed by atoms with Crippen molar-refractivity contribution in [2.45, 2.75) is 19.2 Å². The van der Waals surface area contributed by atoms with E-state index < -0.39 is 6.23 Å². The van der Waals surface area contributed by atoms with Crippen molar-refractivity contribution >= 4 is 0 Å². The molecular formula is C4H12N2O2. The zero-order valence-corrected chi connectivity index (χ0v) is 5.05. The largest absolute Gasteiger partial charge is 0.377 e. The molecule has 0 aliphatic rings. The van der Waals surface area contributed by atoms with Crippen LogP contribution in [-0.4, -0.2) is 29.6 Å². The molecule has 0 aliphatic heterocycles. The molecule has 0 aromatic carbocycles. The molecule has 0 aliphatic carbocycles. The van der Waals surface area contributed by atoms with E-state index >= 15 is 0 Å². The van der Waals surface area contributed by atoms with Gasteiger partial charge in [0, 0.05) is 0 Å². The zero-order chi connectivity index (χ0) is 6.57. The van der Waals surface area contributed by atoms with Crippen LogP contribution in [0.25, 0.3) is 0 Å². The number of hydrogen-bond donors (Lipinski definition) is 4. The average molecular weight is 120 g/mol. The summed E-state index contributed by atoms with van der Waals surface area (Å²) in [5, 5.41) is 19.5. The van der Waals surface area contributed by atoms with Crippen LogP contribution in [0.4, 0.5) is 0 Å². The third kappa shape index (κ3) is 2.23. The van der Waals surface area contributed by atoms with E-state index in [9.17, 15) is 0 Å². The highest BCUT2D eigenvalue weighted by molar-refractivity contribution is 4.60. The summed E-state index contributed by atoms with van der Waals surface area (Å²) < 4.78 is 0. The van der Waals surface area contributed by atoms with Crippen LogP contribution in [0.3, 0.4) is 0 Å². The average Bonchev–Trinajstić information content (AvgIpc) is 1.84. The molecule has 0 radical (unpaired) electrons. The molecular weight excluding hydrogens is 108 g/mol. The Bertz CT molecular complexity index is 52.0. The van der Waals surface area contributed by atoms with Crippen molar-refractivity contribution in [3.05, 3.63) is 0 Å². The number of rotatable bonds is 3. The van der Waals surface area contributed by atoms with Crippen molar-refractivity contribution in [1.29, 1.82) is 0 Å². The van der Waals surface area contributed by atoms with Gasteiger partial charge in [-0.3, -0.25) is 5.32 Å². The number of nitrogens with one attached hydrogen (secondary N) is 2. The van der Waals surface area contributed by atoms with Crippen molar-refractivity contribution in [1.82, 2.24) is 10.8 Å². The summed E-state index contributed by atoms with van der Waals surface area (Å²) in [5.74, 6) is 0. The molecule has 0 amide bonds. The Hall–Kier alpha value is -0.160. The van der Waals surface area contributed by atoms with Crippen LogP contribution in [-0.2, 0) is 0 Å². The third-order valence-electron chi connectivity index (χ3n) is 0.973. The first-order valence-corrected chi connectivity index (χ1v) is 2.47. The van der Waals surface area contributed by atoms with Gasteiger partial charge in [-0.2, -0.15) is 5.48 Å². The van der Waals surface area contributed by atoms with E-state index in [-0.39, 0.29) is 6.04 Å². The molecule has 50 valence electrons. The monoisotopic (exact) mass is 120 g/mol. The molecule has 0 spiro atoms. The molecule has 0 saturated heterocycles. The Balaban J connectivity index is 3.29. The maximum Gasteiger partial charge on any atom is 0.122 e. The molecule has 0 saturated carbocycles. The SMILES string of the molecule is CNC(O)C(C)NO. The van der Waals surface area contributed by atoms with Gasteiger partial charge in [0.25, 0.3) is 0 Å². The van der Waals surface area contributed by atoms with Gasteiger partial charge >= 0.3 is 0 Å². The topological polar surface area (TPSA) is 64.5 Å². The van der Waals surface area contributed by atoms with E-state index in [4.69, 9.17) is 10.3 Å². The van der Waals surface area contributed by atoms with E-state index in [0.29, 0.717) is 0 Å². The van der Waals surface area contributed by atoms with Gasteiger partial charge in [-0.1, -0.05) is 0 Å². The Labute approximate surface area is 48.5 Å². The highest BCUT2D eigenvalue weighted by Gasteiger charge is 2.07. The molecule has 4 N–H and O–H groups in total. The second-order valence-electron chi connectivity index (χ2n) is 1.65. The second kappa shape index (κ2) is 3.80. The minimum Gasteiger partial charge on any atom is -0.377 e. The molecule has 2 atom stereocenters. The number of hydrogen-bond acceptors (Lipinski definition) is 4. The van der Waals surface area contributed by atoms with Crippen LogP contribution in [0.1, 0.15) is 6.92 Å². The van der Waals surface area contributed by atoms with Gasteiger partial charge in [0.15, 0.2) is 0 Å². The van der Waals surface area contributed by atoms with E-state index in [1.807, 2.05) is 5.48 Å². The van der Waals surface area contributed by atoms with Crippen molar-refractivity contribution in [2.75, 3.05) is 7.05 Å². The van der Waals surface area contributed by atoms with Crippen LogP contribution in [0.2, 0.25) is 0 Å². The van der Waals surface area contributed by atoms with Crippen LogP contribution < -0.4 is 10.8 Å². The maximum atomic E-state index is 8.79. The Morgan fingerprint density at radius 3 is 2.12 bits per heavy atom. The summed E-state index contributed by atoms with van der Waals surface area (Å²) in [5.41, 5.74) is 1.90. The van der Waals surface area contributed by atoms with Crippen LogP contribution in [0.15, 0.2) is 0 Å². The van der Waals surface area contributed by atoms with Crippen molar-refractivity contribution in [2.24, 2.45) is 0 Å². The number of hydroxylamine groups is 1. The zero-order valence-electron chi connectivity index (χ0n) is 5.05. The summed E-state index contributed by atoms with van der Waals surface area (Å²) in [4.78, 5) is 0. The Kier molecular flexibility index (Phi) is 3.72. The predicted molar refractivity (Wildman–Crippen MR) is 29.5 cm³/mol. The fourth-order valence-electron chi connectivity index (χ4n) is 0.321. The lowest BCUT2D eigenvalue weighted by atomic mass is 10.3. The molecule has 0 fully saturated rings. The first-order chi connectivity index (χ1) is 3.72. The van der Waals surface area contributed by atoms with E-state index in [1.54, 1.807) is 14.0 Å². The van der Waals surface area contributed by atoms with E-state index in [1.165, 1.54) is 0 Å². The van der Waals surface area contributed by atoms with Crippen LogP contribution >= 0.6 is 0 Å². The summed E-state index contributed by atoms with van der Waals surface area (Å²) in [6.45, 7) is 1.65. The van der Waals surface area contributed by atoms with Gasteiger partial charge in [0.2, 0.25) is 0 Å². The highest BCUT2D eigenvalue weighted by atomic mass is 16.5. The molecule has 8 heavy (non-hydrogen) atoms. The fraction of sp³-hybridized carbons (Fsp3) is 1.00. The lowest BCUT2D eigenvalue weighted by Gasteiger charge is -2.14. The quantitative estimate of drug-likeness (QED) is 0.282. The van der Waals surface area contributed by atoms with E-state index in [0.717, 1.165) is 0 Å². The molecule has 0 aromatic rings. The minimum atomic E-state index is -0.694. The van der Waals surface area contributed by atoms with Gasteiger partial charge < -0.3 is 10.3 Å².